The molecule has 2 atom stereocenters. The summed E-state index contributed by atoms with van der Waals surface area (Å²) in [6.07, 6.45) is 2.59. The third-order valence-corrected chi connectivity index (χ3v) is 4.66. The SMILES string of the molecule is CC1CC(NS(=O)(=O)C2CC2)CN1. The van der Waals surface area contributed by atoms with E-state index in [-0.39, 0.29) is 11.3 Å². The fraction of sp³-hybridized carbons (Fsp3) is 1.00. The molecule has 0 aromatic heterocycles. The van der Waals surface area contributed by atoms with Crippen molar-refractivity contribution in [3.8, 4) is 0 Å². The maximum Gasteiger partial charge on any atom is 0.214 e. The van der Waals surface area contributed by atoms with Gasteiger partial charge in [0, 0.05) is 18.6 Å². The second-order valence-corrected chi connectivity index (χ2v) is 6.10. The Morgan fingerprint density at radius 2 is 2.08 bits per heavy atom. The Labute approximate surface area is 79.1 Å². The number of rotatable bonds is 3. The van der Waals surface area contributed by atoms with Gasteiger partial charge in [-0.2, -0.15) is 0 Å². The number of sulfonamides is 1. The molecule has 1 heterocycles. The van der Waals surface area contributed by atoms with Gasteiger partial charge in [0.25, 0.3) is 0 Å². The third-order valence-electron chi connectivity index (χ3n) is 2.64. The van der Waals surface area contributed by atoms with Crippen molar-refractivity contribution in [3.05, 3.63) is 0 Å². The van der Waals surface area contributed by atoms with Gasteiger partial charge in [0.2, 0.25) is 10.0 Å². The molecule has 0 radical (unpaired) electrons. The standard InChI is InChI=1S/C8H16N2O2S/c1-6-4-7(5-9-6)10-13(11,12)8-2-3-8/h6-10H,2-5H2,1H3. The summed E-state index contributed by atoms with van der Waals surface area (Å²) in [5.74, 6) is 0. The van der Waals surface area contributed by atoms with Gasteiger partial charge in [-0.3, -0.25) is 0 Å². The minimum atomic E-state index is -2.98. The van der Waals surface area contributed by atoms with Crippen LogP contribution in [0.2, 0.25) is 0 Å². The van der Waals surface area contributed by atoms with Gasteiger partial charge in [0.15, 0.2) is 0 Å². The molecule has 1 saturated carbocycles. The van der Waals surface area contributed by atoms with Crippen LogP contribution in [0.4, 0.5) is 0 Å². The summed E-state index contributed by atoms with van der Waals surface area (Å²) in [4.78, 5) is 0. The average molecular weight is 204 g/mol. The zero-order chi connectivity index (χ0) is 9.47. The van der Waals surface area contributed by atoms with Crippen LogP contribution in [0, 0.1) is 0 Å². The van der Waals surface area contributed by atoms with Crippen molar-refractivity contribution in [1.82, 2.24) is 10.0 Å². The van der Waals surface area contributed by atoms with Crippen LogP contribution in [0.5, 0.6) is 0 Å². The fourth-order valence-electron chi connectivity index (χ4n) is 1.73. The molecule has 2 aliphatic rings. The lowest BCUT2D eigenvalue weighted by molar-refractivity contribution is 0.556. The van der Waals surface area contributed by atoms with E-state index in [9.17, 15) is 8.42 Å². The Hall–Kier alpha value is -0.130. The van der Waals surface area contributed by atoms with Gasteiger partial charge in [-0.1, -0.05) is 0 Å². The molecule has 0 bridgehead atoms. The molecule has 2 unspecified atom stereocenters. The lowest BCUT2D eigenvalue weighted by Gasteiger charge is -2.10. The number of hydrogen-bond donors (Lipinski definition) is 2. The van der Waals surface area contributed by atoms with Gasteiger partial charge in [-0.25, -0.2) is 13.1 Å². The van der Waals surface area contributed by atoms with Gasteiger partial charge in [-0.15, -0.1) is 0 Å². The highest BCUT2D eigenvalue weighted by Gasteiger charge is 2.37. The van der Waals surface area contributed by atoms with E-state index in [0.29, 0.717) is 6.04 Å². The van der Waals surface area contributed by atoms with Crippen molar-refractivity contribution >= 4 is 10.0 Å². The Morgan fingerprint density at radius 3 is 2.54 bits per heavy atom. The first kappa shape index (κ1) is 9.43. The van der Waals surface area contributed by atoms with E-state index in [1.54, 1.807) is 0 Å². The summed E-state index contributed by atoms with van der Waals surface area (Å²) in [5, 5.41) is 3.13. The van der Waals surface area contributed by atoms with Crippen LogP contribution in [0.25, 0.3) is 0 Å². The molecule has 76 valence electrons. The van der Waals surface area contributed by atoms with Gasteiger partial charge < -0.3 is 5.32 Å². The van der Waals surface area contributed by atoms with Crippen LogP contribution < -0.4 is 10.0 Å². The number of nitrogens with one attached hydrogen (secondary N) is 2. The topological polar surface area (TPSA) is 58.2 Å². The fourth-order valence-corrected chi connectivity index (χ4v) is 3.33. The molecule has 1 aliphatic carbocycles. The highest BCUT2D eigenvalue weighted by Crippen LogP contribution is 2.28. The predicted octanol–water partition coefficient (Wildman–Crippen LogP) is -0.181. The van der Waals surface area contributed by atoms with Gasteiger partial charge in [0.1, 0.15) is 0 Å². The third kappa shape index (κ3) is 2.21. The minimum absolute atomic E-state index is 0.0941. The van der Waals surface area contributed by atoms with E-state index >= 15 is 0 Å². The monoisotopic (exact) mass is 204 g/mol. The maximum atomic E-state index is 11.5. The second kappa shape index (κ2) is 3.22. The Morgan fingerprint density at radius 1 is 1.38 bits per heavy atom. The second-order valence-electron chi connectivity index (χ2n) is 4.10. The van der Waals surface area contributed by atoms with E-state index in [4.69, 9.17) is 0 Å². The molecule has 0 aromatic rings. The quantitative estimate of drug-likeness (QED) is 0.670. The molecule has 5 heteroatoms. The van der Waals surface area contributed by atoms with E-state index in [2.05, 4.69) is 17.0 Å². The van der Waals surface area contributed by atoms with Crippen molar-refractivity contribution in [1.29, 1.82) is 0 Å². The molecule has 13 heavy (non-hydrogen) atoms. The summed E-state index contributed by atoms with van der Waals surface area (Å²) in [5.41, 5.74) is 0. The molecule has 2 fully saturated rings. The zero-order valence-electron chi connectivity index (χ0n) is 7.79. The van der Waals surface area contributed by atoms with Crippen molar-refractivity contribution in [3.63, 3.8) is 0 Å². The van der Waals surface area contributed by atoms with Crippen LogP contribution in [-0.2, 0) is 10.0 Å². The van der Waals surface area contributed by atoms with E-state index < -0.39 is 10.0 Å². The summed E-state index contributed by atoms with van der Waals surface area (Å²) in [6, 6.07) is 0.549. The normalized spacial score (nSPS) is 35.2. The summed E-state index contributed by atoms with van der Waals surface area (Å²) in [6.45, 7) is 2.85. The molecule has 0 amide bonds. The first-order chi connectivity index (χ1) is 6.08. The van der Waals surface area contributed by atoms with E-state index in [1.807, 2.05) is 0 Å². The lowest BCUT2D eigenvalue weighted by atomic mass is 10.2. The van der Waals surface area contributed by atoms with Gasteiger partial charge in [-0.05, 0) is 26.2 Å². The van der Waals surface area contributed by atoms with Crippen molar-refractivity contribution in [2.45, 2.75) is 43.5 Å². The van der Waals surface area contributed by atoms with Gasteiger partial charge in [0.05, 0.1) is 5.25 Å². The zero-order valence-corrected chi connectivity index (χ0v) is 8.60. The molecular weight excluding hydrogens is 188 g/mol. The van der Waals surface area contributed by atoms with Crippen molar-refractivity contribution < 1.29 is 8.42 Å². The van der Waals surface area contributed by atoms with Crippen LogP contribution in [0.15, 0.2) is 0 Å². The molecule has 1 saturated heterocycles. The molecular formula is C8H16N2O2S. The molecule has 2 N–H and O–H groups in total. The number of hydrogen-bond acceptors (Lipinski definition) is 3. The van der Waals surface area contributed by atoms with E-state index in [0.717, 1.165) is 25.8 Å². The highest BCUT2D eigenvalue weighted by molar-refractivity contribution is 7.90. The van der Waals surface area contributed by atoms with Crippen LogP contribution >= 0.6 is 0 Å². The lowest BCUT2D eigenvalue weighted by Crippen LogP contribution is -2.38. The largest absolute Gasteiger partial charge is 0.313 e. The summed E-state index contributed by atoms with van der Waals surface area (Å²) >= 11 is 0. The summed E-state index contributed by atoms with van der Waals surface area (Å²) < 4.78 is 25.8. The smallest absolute Gasteiger partial charge is 0.214 e. The van der Waals surface area contributed by atoms with Gasteiger partial charge >= 0.3 is 0 Å². The van der Waals surface area contributed by atoms with E-state index in [1.165, 1.54) is 0 Å². The van der Waals surface area contributed by atoms with Crippen LogP contribution in [0.3, 0.4) is 0 Å². The minimum Gasteiger partial charge on any atom is -0.313 e. The van der Waals surface area contributed by atoms with Crippen LogP contribution in [-0.4, -0.2) is 32.3 Å². The van der Waals surface area contributed by atoms with Crippen molar-refractivity contribution in [2.75, 3.05) is 6.54 Å². The Bertz CT molecular complexity index is 285. The first-order valence-corrected chi connectivity index (χ1v) is 6.37. The molecule has 1 aliphatic heterocycles. The highest BCUT2D eigenvalue weighted by atomic mass is 32.2. The predicted molar refractivity (Wildman–Crippen MR) is 50.9 cm³/mol. The van der Waals surface area contributed by atoms with Crippen LogP contribution in [0.1, 0.15) is 26.2 Å². The molecule has 2 rings (SSSR count). The Kier molecular flexibility index (Phi) is 2.33. The summed E-state index contributed by atoms with van der Waals surface area (Å²) in [7, 11) is -2.98. The van der Waals surface area contributed by atoms with Crippen molar-refractivity contribution in [2.24, 2.45) is 0 Å². The Balaban J connectivity index is 1.90. The molecule has 0 aromatic carbocycles. The average Bonchev–Trinajstić information content (AvgIpc) is 2.78. The maximum absolute atomic E-state index is 11.5. The molecule has 4 nitrogen and oxygen atoms in total. The molecule has 0 spiro atoms. The first-order valence-electron chi connectivity index (χ1n) is 4.82.